The number of rotatable bonds is 3. The Morgan fingerprint density at radius 3 is 2.68 bits per heavy atom. The molecule has 1 aromatic carbocycles. The third kappa shape index (κ3) is 2.96. The van der Waals surface area contributed by atoms with Gasteiger partial charge >= 0.3 is 0 Å². The molecule has 2 aromatic rings. The molecule has 100 valence electrons. The van der Waals surface area contributed by atoms with Crippen molar-refractivity contribution < 1.29 is 9.26 Å². The summed E-state index contributed by atoms with van der Waals surface area (Å²) in [5.41, 5.74) is 1.02. The monoisotopic (exact) mass is 258 g/mol. The van der Waals surface area contributed by atoms with Crippen molar-refractivity contribution in [2.45, 2.75) is 18.9 Å². The molecule has 1 saturated heterocycles. The predicted octanol–water partition coefficient (Wildman–Crippen LogP) is 2.81. The number of nitrogens with zero attached hydrogens (tertiary/aromatic N) is 2. The third-order valence-corrected chi connectivity index (χ3v) is 3.50. The van der Waals surface area contributed by atoms with E-state index in [0.717, 1.165) is 37.3 Å². The van der Waals surface area contributed by atoms with Crippen LogP contribution in [-0.4, -0.2) is 36.3 Å². The summed E-state index contributed by atoms with van der Waals surface area (Å²) in [5.74, 6) is 1.34. The summed E-state index contributed by atoms with van der Waals surface area (Å²) in [5, 5.41) is 3.99. The average Bonchev–Trinajstić information content (AvgIpc) is 2.91. The van der Waals surface area contributed by atoms with Gasteiger partial charge in [-0.3, -0.25) is 0 Å². The summed E-state index contributed by atoms with van der Waals surface area (Å²) in [6, 6.07) is 11.8. The molecule has 19 heavy (non-hydrogen) atoms. The maximum absolute atomic E-state index is 5.87. The van der Waals surface area contributed by atoms with Gasteiger partial charge in [-0.05, 0) is 25.0 Å². The fourth-order valence-corrected chi connectivity index (χ4v) is 2.33. The Morgan fingerprint density at radius 2 is 1.95 bits per heavy atom. The Hall–Kier alpha value is -1.81. The normalized spacial score (nSPS) is 17.5. The molecular weight excluding hydrogens is 240 g/mol. The minimum absolute atomic E-state index is 0.255. The van der Waals surface area contributed by atoms with Gasteiger partial charge in [-0.1, -0.05) is 30.3 Å². The second-order valence-electron chi connectivity index (χ2n) is 5.02. The lowest BCUT2D eigenvalue weighted by Crippen LogP contribution is -2.35. The van der Waals surface area contributed by atoms with Crippen LogP contribution in [0.1, 0.15) is 12.8 Å². The first-order valence-electron chi connectivity index (χ1n) is 6.68. The summed E-state index contributed by atoms with van der Waals surface area (Å²) in [7, 11) is 2.14. The Labute approximate surface area is 113 Å². The Bertz CT molecular complexity index is 516. The van der Waals surface area contributed by atoms with E-state index in [1.54, 1.807) is 0 Å². The minimum Gasteiger partial charge on any atom is -0.472 e. The molecule has 0 bridgehead atoms. The first kappa shape index (κ1) is 12.2. The van der Waals surface area contributed by atoms with Crippen LogP contribution in [0.5, 0.6) is 5.88 Å². The summed E-state index contributed by atoms with van der Waals surface area (Å²) >= 11 is 0. The van der Waals surface area contributed by atoms with Crippen LogP contribution in [0, 0.1) is 0 Å². The molecule has 0 spiro atoms. The largest absolute Gasteiger partial charge is 0.472 e. The van der Waals surface area contributed by atoms with Crippen LogP contribution in [-0.2, 0) is 0 Å². The van der Waals surface area contributed by atoms with Crippen LogP contribution in [0.4, 0.5) is 0 Å². The molecule has 0 unspecified atom stereocenters. The van der Waals surface area contributed by atoms with E-state index in [4.69, 9.17) is 9.26 Å². The molecule has 1 aliphatic rings. The molecule has 0 aliphatic carbocycles. The van der Waals surface area contributed by atoms with E-state index < -0.39 is 0 Å². The van der Waals surface area contributed by atoms with Crippen LogP contribution < -0.4 is 4.74 Å². The van der Waals surface area contributed by atoms with Crippen molar-refractivity contribution in [3.63, 3.8) is 0 Å². The molecule has 1 aliphatic heterocycles. The zero-order chi connectivity index (χ0) is 13.1. The molecule has 0 amide bonds. The summed E-state index contributed by atoms with van der Waals surface area (Å²) in [6.07, 6.45) is 2.35. The van der Waals surface area contributed by atoms with Crippen molar-refractivity contribution in [1.82, 2.24) is 10.1 Å². The highest BCUT2D eigenvalue weighted by Crippen LogP contribution is 2.25. The fourth-order valence-electron chi connectivity index (χ4n) is 2.33. The number of benzene rings is 1. The highest BCUT2D eigenvalue weighted by molar-refractivity contribution is 5.57. The Morgan fingerprint density at radius 1 is 1.21 bits per heavy atom. The zero-order valence-electron chi connectivity index (χ0n) is 11.1. The number of piperidine rings is 1. The number of aromatic nitrogens is 1. The topological polar surface area (TPSA) is 38.5 Å². The van der Waals surface area contributed by atoms with Gasteiger partial charge < -0.3 is 14.2 Å². The lowest BCUT2D eigenvalue weighted by molar-refractivity contribution is 0.106. The molecular formula is C15H18N2O2. The van der Waals surface area contributed by atoms with Crippen LogP contribution in [0.2, 0.25) is 0 Å². The number of ether oxygens (including phenoxy) is 1. The van der Waals surface area contributed by atoms with Gasteiger partial charge in [0.05, 0.1) is 0 Å². The van der Waals surface area contributed by atoms with Crippen molar-refractivity contribution in [2.24, 2.45) is 0 Å². The van der Waals surface area contributed by atoms with Gasteiger partial charge in [-0.2, -0.15) is 0 Å². The minimum atomic E-state index is 0.255. The molecule has 1 fully saturated rings. The number of hydrogen-bond acceptors (Lipinski definition) is 4. The smallest absolute Gasteiger partial charge is 0.254 e. The van der Waals surface area contributed by atoms with Crippen molar-refractivity contribution in [2.75, 3.05) is 20.1 Å². The van der Waals surface area contributed by atoms with Crippen molar-refractivity contribution in [1.29, 1.82) is 0 Å². The van der Waals surface area contributed by atoms with Crippen molar-refractivity contribution in [3.05, 3.63) is 36.4 Å². The third-order valence-electron chi connectivity index (χ3n) is 3.50. The highest BCUT2D eigenvalue weighted by Gasteiger charge is 2.19. The first-order chi connectivity index (χ1) is 9.31. The van der Waals surface area contributed by atoms with Gasteiger partial charge in [0.1, 0.15) is 6.10 Å². The van der Waals surface area contributed by atoms with Crippen LogP contribution in [0.15, 0.2) is 40.9 Å². The maximum Gasteiger partial charge on any atom is 0.254 e. The van der Waals surface area contributed by atoms with Crippen LogP contribution >= 0.6 is 0 Å². The predicted molar refractivity (Wildman–Crippen MR) is 73.1 cm³/mol. The molecule has 2 heterocycles. The lowest BCUT2D eigenvalue weighted by atomic mass is 10.1. The van der Waals surface area contributed by atoms with Gasteiger partial charge in [-0.15, -0.1) is 0 Å². The van der Waals surface area contributed by atoms with Gasteiger partial charge in [0.25, 0.3) is 5.88 Å². The zero-order valence-corrected chi connectivity index (χ0v) is 11.1. The van der Waals surface area contributed by atoms with Gasteiger partial charge in [-0.25, -0.2) is 0 Å². The fraction of sp³-hybridized carbons (Fsp3) is 0.400. The summed E-state index contributed by atoms with van der Waals surface area (Å²) < 4.78 is 11.2. The van der Waals surface area contributed by atoms with E-state index in [9.17, 15) is 0 Å². The Kier molecular flexibility index (Phi) is 3.51. The van der Waals surface area contributed by atoms with Crippen molar-refractivity contribution >= 4 is 0 Å². The maximum atomic E-state index is 5.87. The average molecular weight is 258 g/mol. The van der Waals surface area contributed by atoms with Crippen LogP contribution in [0.3, 0.4) is 0 Å². The molecule has 4 heteroatoms. The van der Waals surface area contributed by atoms with E-state index >= 15 is 0 Å². The molecule has 0 N–H and O–H groups in total. The Balaban J connectivity index is 1.65. The van der Waals surface area contributed by atoms with E-state index in [1.165, 1.54) is 0 Å². The first-order valence-corrected chi connectivity index (χ1v) is 6.68. The summed E-state index contributed by atoms with van der Waals surface area (Å²) in [6.45, 7) is 2.15. The molecule has 4 nitrogen and oxygen atoms in total. The molecule has 0 saturated carbocycles. The lowest BCUT2D eigenvalue weighted by Gasteiger charge is -2.28. The number of hydrogen-bond donors (Lipinski definition) is 0. The van der Waals surface area contributed by atoms with Gasteiger partial charge in [0.2, 0.25) is 0 Å². The van der Waals surface area contributed by atoms with Crippen molar-refractivity contribution in [3.8, 4) is 17.2 Å². The van der Waals surface area contributed by atoms with Gasteiger partial charge in [0.15, 0.2) is 5.76 Å². The molecule has 3 rings (SSSR count). The van der Waals surface area contributed by atoms with E-state index in [2.05, 4.69) is 17.1 Å². The highest BCUT2D eigenvalue weighted by atomic mass is 16.5. The standard InChI is InChI=1S/C15H18N2O2/c1-17-9-7-13(8-10-17)18-15-11-14(19-16-15)12-5-3-2-4-6-12/h2-6,11,13H,7-10H2,1H3. The van der Waals surface area contributed by atoms with E-state index in [0.29, 0.717) is 5.88 Å². The molecule has 0 radical (unpaired) electrons. The van der Waals surface area contributed by atoms with E-state index in [-0.39, 0.29) is 6.10 Å². The van der Waals surface area contributed by atoms with E-state index in [1.807, 2.05) is 36.4 Å². The SMILES string of the molecule is CN1CCC(Oc2cc(-c3ccccc3)on2)CC1. The van der Waals surface area contributed by atoms with Crippen LogP contribution in [0.25, 0.3) is 11.3 Å². The summed E-state index contributed by atoms with van der Waals surface area (Å²) in [4.78, 5) is 2.32. The quantitative estimate of drug-likeness (QED) is 0.848. The second kappa shape index (κ2) is 5.45. The molecule has 0 atom stereocenters. The second-order valence-corrected chi connectivity index (χ2v) is 5.02. The number of likely N-dealkylation sites (tertiary alicyclic amines) is 1. The molecule has 1 aromatic heterocycles. The van der Waals surface area contributed by atoms with Gasteiger partial charge in [0, 0.05) is 24.7 Å².